The molecule has 2 aromatic rings. The maximum absolute atomic E-state index is 10.6. The minimum Gasteiger partial charge on any atom is -0.211 e. The third-order valence-corrected chi connectivity index (χ3v) is 3.03. The third kappa shape index (κ3) is 2.93. The average molecular weight is 237 g/mol. The molecular weight excluding hydrogens is 222 g/mol. The van der Waals surface area contributed by atoms with E-state index in [-0.39, 0.29) is 6.04 Å². The number of hydrogen-bond acceptors (Lipinski definition) is 2. The van der Waals surface area contributed by atoms with Crippen molar-refractivity contribution in [2.75, 3.05) is 0 Å². The molecule has 2 heteroatoms. The first-order valence-electron chi connectivity index (χ1n) is 5.97. The molecule has 0 bridgehead atoms. The largest absolute Gasteiger partial charge is 0.235 e. The van der Waals surface area contributed by atoms with Crippen LogP contribution in [0.4, 0.5) is 0 Å². The highest BCUT2D eigenvalue weighted by Crippen LogP contribution is 2.24. The van der Waals surface area contributed by atoms with Gasteiger partial charge in [-0.05, 0) is 30.0 Å². The Morgan fingerprint density at radius 1 is 1.06 bits per heavy atom. The molecule has 1 unspecified atom stereocenters. The van der Waals surface area contributed by atoms with Crippen molar-refractivity contribution >= 4 is 6.08 Å². The number of aryl methyl sites for hydroxylation is 1. The summed E-state index contributed by atoms with van der Waals surface area (Å²) in [6, 6.07) is 17.9. The maximum Gasteiger partial charge on any atom is 0.235 e. The van der Waals surface area contributed by atoms with E-state index in [1.807, 2.05) is 61.5 Å². The molecule has 2 rings (SSSR count). The Bertz CT molecular complexity index is 556. The summed E-state index contributed by atoms with van der Waals surface area (Å²) in [5, 5.41) is 0. The van der Waals surface area contributed by atoms with Gasteiger partial charge in [0.05, 0.1) is 6.04 Å². The van der Waals surface area contributed by atoms with Crippen LogP contribution in [0.15, 0.2) is 59.6 Å². The van der Waals surface area contributed by atoms with E-state index in [1.165, 1.54) is 5.56 Å². The van der Waals surface area contributed by atoms with Crippen LogP contribution >= 0.6 is 0 Å². The third-order valence-electron chi connectivity index (χ3n) is 3.03. The number of nitrogens with zero attached hydrogens (tertiary/aromatic N) is 1. The lowest BCUT2D eigenvalue weighted by Crippen LogP contribution is -2.02. The molecule has 18 heavy (non-hydrogen) atoms. The van der Waals surface area contributed by atoms with Crippen LogP contribution in [0.25, 0.3) is 0 Å². The van der Waals surface area contributed by atoms with Gasteiger partial charge in [0.15, 0.2) is 0 Å². The number of rotatable bonds is 4. The lowest BCUT2D eigenvalue weighted by atomic mass is 9.96. The molecule has 0 aliphatic carbocycles. The molecule has 2 aromatic carbocycles. The van der Waals surface area contributed by atoms with E-state index in [2.05, 4.69) is 4.99 Å². The molecule has 0 N–H and O–H groups in total. The van der Waals surface area contributed by atoms with Gasteiger partial charge in [0.2, 0.25) is 6.08 Å². The second-order valence-electron chi connectivity index (χ2n) is 4.28. The molecule has 0 spiro atoms. The van der Waals surface area contributed by atoms with E-state index in [4.69, 9.17) is 0 Å². The van der Waals surface area contributed by atoms with Crippen LogP contribution in [0.5, 0.6) is 0 Å². The molecule has 0 saturated carbocycles. The minimum atomic E-state index is -0.147. The van der Waals surface area contributed by atoms with Crippen LogP contribution in [0.1, 0.15) is 22.7 Å². The van der Waals surface area contributed by atoms with Gasteiger partial charge in [-0.15, -0.1) is 0 Å². The van der Waals surface area contributed by atoms with Crippen LogP contribution in [0, 0.1) is 6.92 Å². The lowest BCUT2D eigenvalue weighted by Gasteiger charge is -2.13. The number of isocyanates is 1. The van der Waals surface area contributed by atoms with Gasteiger partial charge in [0, 0.05) is 0 Å². The van der Waals surface area contributed by atoms with Crippen molar-refractivity contribution in [2.45, 2.75) is 19.4 Å². The van der Waals surface area contributed by atoms with Crippen LogP contribution in [-0.4, -0.2) is 6.08 Å². The van der Waals surface area contributed by atoms with Crippen LogP contribution in [0.3, 0.4) is 0 Å². The SMILES string of the molecule is Cc1ccccc1C(Cc1ccccc1)N=C=O. The van der Waals surface area contributed by atoms with Gasteiger partial charge in [0.25, 0.3) is 0 Å². The number of hydrogen-bond donors (Lipinski definition) is 0. The molecule has 1 atom stereocenters. The summed E-state index contributed by atoms with van der Waals surface area (Å²) < 4.78 is 0. The first kappa shape index (κ1) is 12.3. The highest BCUT2D eigenvalue weighted by molar-refractivity contribution is 5.38. The van der Waals surface area contributed by atoms with Gasteiger partial charge in [-0.25, -0.2) is 4.79 Å². The number of aliphatic imine (C=N–C) groups is 1. The molecular formula is C16H15NO. The molecule has 0 amide bonds. The predicted molar refractivity (Wildman–Crippen MR) is 72.2 cm³/mol. The Labute approximate surface area is 107 Å². The van der Waals surface area contributed by atoms with Crippen LogP contribution < -0.4 is 0 Å². The van der Waals surface area contributed by atoms with Gasteiger partial charge in [-0.1, -0.05) is 54.6 Å². The molecule has 0 aromatic heterocycles. The van der Waals surface area contributed by atoms with E-state index in [0.717, 1.165) is 17.5 Å². The van der Waals surface area contributed by atoms with Crippen molar-refractivity contribution < 1.29 is 4.79 Å². The lowest BCUT2D eigenvalue weighted by molar-refractivity contribution is 0.557. The molecule has 0 heterocycles. The summed E-state index contributed by atoms with van der Waals surface area (Å²) >= 11 is 0. The van der Waals surface area contributed by atoms with Crippen molar-refractivity contribution in [2.24, 2.45) is 4.99 Å². The van der Waals surface area contributed by atoms with E-state index in [0.29, 0.717) is 0 Å². The Hall–Kier alpha value is -2.18. The zero-order valence-electron chi connectivity index (χ0n) is 10.3. The summed E-state index contributed by atoms with van der Waals surface area (Å²) in [6.45, 7) is 2.04. The summed E-state index contributed by atoms with van der Waals surface area (Å²) in [6.07, 6.45) is 2.41. The smallest absolute Gasteiger partial charge is 0.211 e. The Kier molecular flexibility index (Phi) is 4.06. The topological polar surface area (TPSA) is 29.4 Å². The zero-order chi connectivity index (χ0) is 12.8. The van der Waals surface area contributed by atoms with Gasteiger partial charge in [-0.3, -0.25) is 0 Å². The molecule has 0 saturated heterocycles. The van der Waals surface area contributed by atoms with E-state index in [1.54, 1.807) is 6.08 Å². The second kappa shape index (κ2) is 5.95. The molecule has 2 nitrogen and oxygen atoms in total. The maximum atomic E-state index is 10.6. The van der Waals surface area contributed by atoms with Crippen molar-refractivity contribution in [3.63, 3.8) is 0 Å². The quantitative estimate of drug-likeness (QED) is 0.590. The monoisotopic (exact) mass is 237 g/mol. The fraction of sp³-hybridized carbons (Fsp3) is 0.188. The zero-order valence-corrected chi connectivity index (χ0v) is 10.3. The fourth-order valence-electron chi connectivity index (χ4n) is 2.09. The fourth-order valence-corrected chi connectivity index (χ4v) is 2.09. The van der Waals surface area contributed by atoms with Crippen molar-refractivity contribution in [1.82, 2.24) is 0 Å². The van der Waals surface area contributed by atoms with Gasteiger partial charge < -0.3 is 0 Å². The van der Waals surface area contributed by atoms with Crippen molar-refractivity contribution in [1.29, 1.82) is 0 Å². The number of benzene rings is 2. The van der Waals surface area contributed by atoms with E-state index in [9.17, 15) is 4.79 Å². The van der Waals surface area contributed by atoms with Gasteiger partial charge >= 0.3 is 0 Å². The van der Waals surface area contributed by atoms with Gasteiger partial charge in [-0.2, -0.15) is 4.99 Å². The second-order valence-corrected chi connectivity index (χ2v) is 4.28. The van der Waals surface area contributed by atoms with Crippen molar-refractivity contribution in [3.8, 4) is 0 Å². The van der Waals surface area contributed by atoms with Crippen molar-refractivity contribution in [3.05, 3.63) is 71.3 Å². The predicted octanol–water partition coefficient (Wildman–Crippen LogP) is 3.61. The Morgan fingerprint density at radius 2 is 1.72 bits per heavy atom. The molecule has 0 fully saturated rings. The summed E-state index contributed by atoms with van der Waals surface area (Å²) in [4.78, 5) is 14.5. The molecule has 0 aliphatic rings. The number of carbonyl (C=O) groups excluding carboxylic acids is 1. The first-order chi connectivity index (χ1) is 8.81. The molecule has 0 aliphatic heterocycles. The minimum absolute atomic E-state index is 0.147. The normalized spacial score (nSPS) is 11.6. The van der Waals surface area contributed by atoms with E-state index < -0.39 is 0 Å². The first-order valence-corrected chi connectivity index (χ1v) is 5.97. The van der Waals surface area contributed by atoms with Gasteiger partial charge in [0.1, 0.15) is 0 Å². The highest BCUT2D eigenvalue weighted by atomic mass is 16.1. The van der Waals surface area contributed by atoms with Crippen LogP contribution in [-0.2, 0) is 11.2 Å². The molecule has 0 radical (unpaired) electrons. The summed E-state index contributed by atoms with van der Waals surface area (Å²) in [5.41, 5.74) is 3.41. The summed E-state index contributed by atoms with van der Waals surface area (Å²) in [7, 11) is 0. The van der Waals surface area contributed by atoms with E-state index >= 15 is 0 Å². The average Bonchev–Trinajstić information content (AvgIpc) is 2.40. The summed E-state index contributed by atoms with van der Waals surface area (Å²) in [5.74, 6) is 0. The van der Waals surface area contributed by atoms with Crippen LogP contribution in [0.2, 0.25) is 0 Å². The Balaban J connectivity index is 2.30. The molecule has 90 valence electrons. The standard InChI is InChI=1S/C16H15NO/c1-13-7-5-6-10-15(13)16(17-12-18)11-14-8-3-2-4-9-14/h2-10,16H,11H2,1H3. The Morgan fingerprint density at radius 3 is 2.39 bits per heavy atom. The highest BCUT2D eigenvalue weighted by Gasteiger charge is 2.12.